The Balaban J connectivity index is 2.65. The number of Topliss-reactive ketones (excluding diaryl/α,β-unsaturated/α-hetero) is 2. The zero-order valence-corrected chi connectivity index (χ0v) is 11.5. The number of hydrogen-bond donors (Lipinski definition) is 0. The van der Waals surface area contributed by atoms with E-state index in [9.17, 15) is 9.59 Å². The molecule has 19 heavy (non-hydrogen) atoms. The molecule has 3 nitrogen and oxygen atoms in total. The lowest BCUT2D eigenvalue weighted by Gasteiger charge is -2.12. The number of carbonyl (C=O) groups is 2. The summed E-state index contributed by atoms with van der Waals surface area (Å²) in [4.78, 5) is 22.7. The molecule has 0 spiro atoms. The highest BCUT2D eigenvalue weighted by Gasteiger charge is 2.14. The van der Waals surface area contributed by atoms with Crippen LogP contribution in [0.3, 0.4) is 0 Å². The standard InChI is InChI=1S/C15H13ClO3/c1-9(17)8-19-15-12-6-4-3-5-11(12)13(10(2)18)7-14(15)16/h3-7H,8H2,1-2H3. The van der Waals surface area contributed by atoms with Gasteiger partial charge in [0, 0.05) is 10.9 Å². The Morgan fingerprint density at radius 3 is 2.37 bits per heavy atom. The van der Waals surface area contributed by atoms with E-state index in [4.69, 9.17) is 16.3 Å². The van der Waals surface area contributed by atoms with Crippen molar-refractivity contribution in [1.29, 1.82) is 0 Å². The van der Waals surface area contributed by atoms with Gasteiger partial charge >= 0.3 is 0 Å². The predicted octanol–water partition coefficient (Wildman–Crippen LogP) is 3.66. The molecule has 0 heterocycles. The summed E-state index contributed by atoms with van der Waals surface area (Å²) in [5, 5.41) is 1.85. The van der Waals surface area contributed by atoms with E-state index in [0.717, 1.165) is 10.8 Å². The van der Waals surface area contributed by atoms with Crippen molar-refractivity contribution in [2.24, 2.45) is 0 Å². The molecular formula is C15H13ClO3. The van der Waals surface area contributed by atoms with Crippen LogP contribution in [0, 0.1) is 0 Å². The largest absolute Gasteiger partial charge is 0.484 e. The molecule has 0 saturated carbocycles. The highest BCUT2D eigenvalue weighted by Crippen LogP contribution is 2.36. The van der Waals surface area contributed by atoms with Gasteiger partial charge in [0.15, 0.2) is 11.6 Å². The van der Waals surface area contributed by atoms with Crippen LogP contribution in [0.1, 0.15) is 24.2 Å². The van der Waals surface area contributed by atoms with Gasteiger partial charge < -0.3 is 4.74 Å². The van der Waals surface area contributed by atoms with Crippen LogP contribution in [0.4, 0.5) is 0 Å². The first-order valence-electron chi connectivity index (χ1n) is 5.85. The molecule has 0 aliphatic rings. The van der Waals surface area contributed by atoms with Crippen LogP contribution in [-0.2, 0) is 4.79 Å². The topological polar surface area (TPSA) is 43.4 Å². The first kappa shape index (κ1) is 13.6. The summed E-state index contributed by atoms with van der Waals surface area (Å²) >= 11 is 6.15. The van der Waals surface area contributed by atoms with Gasteiger partial charge in [-0.25, -0.2) is 0 Å². The van der Waals surface area contributed by atoms with Crippen molar-refractivity contribution in [2.45, 2.75) is 13.8 Å². The Hall–Kier alpha value is -1.87. The molecule has 98 valence electrons. The third-order valence-corrected chi connectivity index (χ3v) is 3.03. The molecule has 0 amide bonds. The highest BCUT2D eigenvalue weighted by atomic mass is 35.5. The maximum absolute atomic E-state index is 11.6. The van der Waals surface area contributed by atoms with Gasteiger partial charge in [0.1, 0.15) is 12.4 Å². The number of hydrogen-bond acceptors (Lipinski definition) is 3. The van der Waals surface area contributed by atoms with Crippen molar-refractivity contribution in [2.75, 3.05) is 6.61 Å². The number of halogens is 1. The second-order valence-electron chi connectivity index (χ2n) is 4.33. The van der Waals surface area contributed by atoms with Gasteiger partial charge in [0.2, 0.25) is 0 Å². The molecule has 0 aliphatic carbocycles. The molecule has 2 rings (SSSR count). The summed E-state index contributed by atoms with van der Waals surface area (Å²) in [6.45, 7) is 2.90. The third-order valence-electron chi connectivity index (χ3n) is 2.75. The van der Waals surface area contributed by atoms with Crippen molar-refractivity contribution in [3.8, 4) is 5.75 Å². The summed E-state index contributed by atoms with van der Waals surface area (Å²) in [6, 6.07) is 8.93. The molecule has 0 aromatic heterocycles. The van der Waals surface area contributed by atoms with E-state index < -0.39 is 0 Å². The quantitative estimate of drug-likeness (QED) is 0.801. The summed E-state index contributed by atoms with van der Waals surface area (Å²) < 4.78 is 5.45. The van der Waals surface area contributed by atoms with Crippen molar-refractivity contribution in [3.05, 3.63) is 40.9 Å². The molecular weight excluding hydrogens is 264 g/mol. The van der Waals surface area contributed by atoms with Gasteiger partial charge in [-0.3, -0.25) is 9.59 Å². The highest BCUT2D eigenvalue weighted by molar-refractivity contribution is 6.34. The predicted molar refractivity (Wildman–Crippen MR) is 75.1 cm³/mol. The van der Waals surface area contributed by atoms with Crippen molar-refractivity contribution >= 4 is 33.9 Å². The molecule has 0 unspecified atom stereocenters. The van der Waals surface area contributed by atoms with Gasteiger partial charge in [0.05, 0.1) is 5.02 Å². The van der Waals surface area contributed by atoms with E-state index in [0.29, 0.717) is 16.3 Å². The fourth-order valence-corrected chi connectivity index (χ4v) is 2.19. The number of ether oxygens (including phenoxy) is 1. The van der Waals surface area contributed by atoms with E-state index in [1.807, 2.05) is 24.3 Å². The van der Waals surface area contributed by atoms with E-state index in [-0.39, 0.29) is 18.2 Å². The molecule has 0 atom stereocenters. The van der Waals surface area contributed by atoms with E-state index >= 15 is 0 Å². The van der Waals surface area contributed by atoms with Gasteiger partial charge in [-0.2, -0.15) is 0 Å². The van der Waals surface area contributed by atoms with Gasteiger partial charge in [-0.05, 0) is 25.3 Å². The minimum absolute atomic E-state index is 0.0386. The number of benzene rings is 2. The van der Waals surface area contributed by atoms with Gasteiger partial charge in [-0.15, -0.1) is 0 Å². The normalized spacial score (nSPS) is 10.5. The number of fused-ring (bicyclic) bond motifs is 1. The van der Waals surface area contributed by atoms with Crippen LogP contribution in [-0.4, -0.2) is 18.2 Å². The SMILES string of the molecule is CC(=O)COc1c(Cl)cc(C(C)=O)c2ccccc12. The average Bonchev–Trinajstić information content (AvgIpc) is 2.36. The first-order chi connectivity index (χ1) is 9.00. The Morgan fingerprint density at radius 2 is 1.79 bits per heavy atom. The summed E-state index contributed by atoms with van der Waals surface area (Å²) in [7, 11) is 0. The fraction of sp³-hybridized carbons (Fsp3) is 0.200. The van der Waals surface area contributed by atoms with E-state index in [1.165, 1.54) is 13.8 Å². The first-order valence-corrected chi connectivity index (χ1v) is 6.23. The molecule has 0 N–H and O–H groups in total. The monoisotopic (exact) mass is 276 g/mol. The second-order valence-corrected chi connectivity index (χ2v) is 4.73. The Kier molecular flexibility index (Phi) is 3.86. The fourth-order valence-electron chi connectivity index (χ4n) is 1.93. The number of rotatable bonds is 4. The molecule has 0 radical (unpaired) electrons. The number of carbonyl (C=O) groups excluding carboxylic acids is 2. The Morgan fingerprint density at radius 1 is 1.16 bits per heavy atom. The maximum atomic E-state index is 11.6. The summed E-state index contributed by atoms with van der Waals surface area (Å²) in [5.74, 6) is 0.296. The summed E-state index contributed by atoms with van der Waals surface area (Å²) in [5.41, 5.74) is 0.552. The van der Waals surface area contributed by atoms with Gasteiger partial charge in [0.25, 0.3) is 0 Å². The minimum atomic E-state index is -0.0872. The molecule has 0 aliphatic heterocycles. The van der Waals surface area contributed by atoms with Crippen molar-refractivity contribution < 1.29 is 14.3 Å². The molecule has 0 saturated heterocycles. The minimum Gasteiger partial charge on any atom is -0.484 e. The maximum Gasteiger partial charge on any atom is 0.167 e. The van der Waals surface area contributed by atoms with Crippen LogP contribution >= 0.6 is 11.6 Å². The van der Waals surface area contributed by atoms with Crippen LogP contribution in [0.5, 0.6) is 5.75 Å². The van der Waals surface area contributed by atoms with E-state index in [1.54, 1.807) is 6.07 Å². The van der Waals surface area contributed by atoms with Crippen molar-refractivity contribution in [1.82, 2.24) is 0 Å². The van der Waals surface area contributed by atoms with Crippen LogP contribution in [0.15, 0.2) is 30.3 Å². The third kappa shape index (κ3) is 2.76. The lowest BCUT2D eigenvalue weighted by molar-refractivity contribution is -0.118. The zero-order valence-electron chi connectivity index (χ0n) is 10.7. The molecule has 2 aromatic carbocycles. The Labute approximate surface area is 116 Å². The van der Waals surface area contributed by atoms with Crippen molar-refractivity contribution in [3.63, 3.8) is 0 Å². The number of ketones is 2. The lowest BCUT2D eigenvalue weighted by Crippen LogP contribution is -2.08. The van der Waals surface area contributed by atoms with Crippen LogP contribution in [0.2, 0.25) is 5.02 Å². The summed E-state index contributed by atoms with van der Waals surface area (Å²) in [6.07, 6.45) is 0. The van der Waals surface area contributed by atoms with Crippen LogP contribution in [0.25, 0.3) is 10.8 Å². The smallest absolute Gasteiger partial charge is 0.167 e. The zero-order chi connectivity index (χ0) is 14.0. The molecule has 2 aromatic rings. The molecule has 4 heteroatoms. The average molecular weight is 277 g/mol. The van der Waals surface area contributed by atoms with Crippen LogP contribution < -0.4 is 4.74 Å². The lowest BCUT2D eigenvalue weighted by atomic mass is 10.0. The van der Waals surface area contributed by atoms with Gasteiger partial charge in [-0.1, -0.05) is 35.9 Å². The Bertz CT molecular complexity index is 662. The molecule has 0 fully saturated rings. The molecule has 0 bridgehead atoms. The second kappa shape index (κ2) is 5.41. The van der Waals surface area contributed by atoms with E-state index in [2.05, 4.69) is 0 Å².